The van der Waals surface area contributed by atoms with Crippen molar-refractivity contribution in [1.82, 2.24) is 24.8 Å². The van der Waals surface area contributed by atoms with E-state index in [0.29, 0.717) is 16.5 Å². The lowest BCUT2D eigenvalue weighted by molar-refractivity contribution is 0.0519. The minimum atomic E-state index is -0.493. The van der Waals surface area contributed by atoms with Crippen LogP contribution in [0.1, 0.15) is 17.4 Å². The Kier molecular flexibility index (Phi) is 3.11. The van der Waals surface area contributed by atoms with Gasteiger partial charge in [-0.2, -0.15) is 10.2 Å². The Balaban J connectivity index is 2.18. The Bertz CT molecular complexity index is 766. The van der Waals surface area contributed by atoms with Gasteiger partial charge in [-0.15, -0.1) is 0 Å². The summed E-state index contributed by atoms with van der Waals surface area (Å²) in [5.74, 6) is -0.493. The topological polar surface area (TPSA) is 85.2 Å². The highest BCUT2D eigenvalue weighted by Crippen LogP contribution is 2.22. The van der Waals surface area contributed by atoms with Crippen molar-refractivity contribution >= 4 is 23.2 Å². The Labute approximate surface area is 118 Å². The SMILES string of the molecule is CCOC(=O)c1cc2nc(Cl)cc(-c3cn[nH]c3)n2n1. The van der Waals surface area contributed by atoms with Gasteiger partial charge in [-0.05, 0) is 6.92 Å². The molecule has 3 aromatic rings. The summed E-state index contributed by atoms with van der Waals surface area (Å²) >= 11 is 5.99. The van der Waals surface area contributed by atoms with Crippen LogP contribution in [0.4, 0.5) is 0 Å². The molecule has 0 bridgehead atoms. The molecule has 0 amide bonds. The van der Waals surface area contributed by atoms with E-state index in [4.69, 9.17) is 16.3 Å². The fourth-order valence-electron chi connectivity index (χ4n) is 1.85. The number of carbonyl (C=O) groups is 1. The average molecular weight is 292 g/mol. The number of aromatic nitrogens is 5. The van der Waals surface area contributed by atoms with Crippen molar-refractivity contribution in [3.8, 4) is 11.3 Å². The number of halogens is 1. The maximum Gasteiger partial charge on any atom is 0.358 e. The lowest BCUT2D eigenvalue weighted by Gasteiger charge is -2.02. The van der Waals surface area contributed by atoms with Crippen LogP contribution >= 0.6 is 11.6 Å². The quantitative estimate of drug-likeness (QED) is 0.589. The Morgan fingerprint density at radius 3 is 3.05 bits per heavy atom. The zero-order valence-electron chi connectivity index (χ0n) is 10.5. The van der Waals surface area contributed by atoms with Crippen molar-refractivity contribution in [3.05, 3.63) is 35.4 Å². The molecule has 3 heterocycles. The monoisotopic (exact) mass is 291 g/mol. The molecular formula is C12H10ClN5O2. The summed E-state index contributed by atoms with van der Waals surface area (Å²) in [4.78, 5) is 15.9. The molecule has 8 heteroatoms. The summed E-state index contributed by atoms with van der Waals surface area (Å²) in [6, 6.07) is 3.19. The highest BCUT2D eigenvalue weighted by Gasteiger charge is 2.16. The lowest BCUT2D eigenvalue weighted by atomic mass is 10.2. The first-order chi connectivity index (χ1) is 9.69. The Hall–Kier alpha value is -2.41. The first kappa shape index (κ1) is 12.6. The molecule has 3 rings (SSSR count). The molecule has 0 atom stereocenters. The number of rotatable bonds is 3. The second-order valence-electron chi connectivity index (χ2n) is 3.97. The number of H-pyrrole nitrogens is 1. The van der Waals surface area contributed by atoms with Crippen LogP contribution in [0.15, 0.2) is 24.5 Å². The summed E-state index contributed by atoms with van der Waals surface area (Å²) in [7, 11) is 0. The zero-order valence-corrected chi connectivity index (χ0v) is 11.3. The van der Waals surface area contributed by atoms with Crippen molar-refractivity contribution < 1.29 is 9.53 Å². The van der Waals surface area contributed by atoms with Gasteiger partial charge in [0.15, 0.2) is 11.3 Å². The number of carbonyl (C=O) groups excluding carboxylic acids is 1. The third kappa shape index (κ3) is 2.12. The van der Waals surface area contributed by atoms with Gasteiger partial charge in [-0.25, -0.2) is 14.3 Å². The van der Waals surface area contributed by atoms with Crippen LogP contribution in [0.3, 0.4) is 0 Å². The molecule has 0 radical (unpaired) electrons. The maximum atomic E-state index is 11.7. The van der Waals surface area contributed by atoms with Crippen LogP contribution in [-0.2, 0) is 4.74 Å². The third-order valence-corrected chi connectivity index (χ3v) is 2.87. The predicted octanol–water partition coefficient (Wildman–Crippen LogP) is 1.95. The second-order valence-corrected chi connectivity index (χ2v) is 4.36. The van der Waals surface area contributed by atoms with E-state index in [1.807, 2.05) is 0 Å². The fourth-order valence-corrected chi connectivity index (χ4v) is 2.04. The molecule has 0 aliphatic rings. The fraction of sp³-hybridized carbons (Fsp3) is 0.167. The number of hydrogen-bond acceptors (Lipinski definition) is 5. The van der Waals surface area contributed by atoms with E-state index in [2.05, 4.69) is 20.3 Å². The van der Waals surface area contributed by atoms with E-state index in [0.717, 1.165) is 5.56 Å². The van der Waals surface area contributed by atoms with Gasteiger partial charge in [-0.3, -0.25) is 5.10 Å². The minimum Gasteiger partial charge on any atom is -0.461 e. The summed E-state index contributed by atoms with van der Waals surface area (Å²) in [5.41, 5.74) is 2.13. The normalized spacial score (nSPS) is 10.9. The van der Waals surface area contributed by atoms with Gasteiger partial charge in [0.25, 0.3) is 0 Å². The van der Waals surface area contributed by atoms with Crippen molar-refractivity contribution in [1.29, 1.82) is 0 Å². The van der Waals surface area contributed by atoms with Crippen LogP contribution in [0.5, 0.6) is 0 Å². The van der Waals surface area contributed by atoms with Crippen molar-refractivity contribution in [3.63, 3.8) is 0 Å². The van der Waals surface area contributed by atoms with Crippen molar-refractivity contribution in [2.75, 3.05) is 6.61 Å². The van der Waals surface area contributed by atoms with E-state index in [9.17, 15) is 4.79 Å². The molecule has 7 nitrogen and oxygen atoms in total. The smallest absolute Gasteiger partial charge is 0.358 e. The summed E-state index contributed by atoms with van der Waals surface area (Å²) in [6.07, 6.45) is 3.34. The predicted molar refractivity (Wildman–Crippen MR) is 71.5 cm³/mol. The Morgan fingerprint density at radius 2 is 2.35 bits per heavy atom. The van der Waals surface area contributed by atoms with Gasteiger partial charge in [0.1, 0.15) is 5.15 Å². The molecule has 0 spiro atoms. The Morgan fingerprint density at radius 1 is 1.50 bits per heavy atom. The molecule has 0 aliphatic carbocycles. The summed E-state index contributed by atoms with van der Waals surface area (Å²) in [6.45, 7) is 2.02. The largest absolute Gasteiger partial charge is 0.461 e. The van der Waals surface area contributed by atoms with Crippen LogP contribution < -0.4 is 0 Å². The molecular weight excluding hydrogens is 282 g/mol. The standard InChI is InChI=1S/C12H10ClN5O2/c1-2-20-12(19)8-3-11-16-10(13)4-9(18(11)17-8)7-5-14-15-6-7/h3-6H,2H2,1H3,(H,14,15). The van der Waals surface area contributed by atoms with Crippen molar-refractivity contribution in [2.24, 2.45) is 0 Å². The number of esters is 1. The van der Waals surface area contributed by atoms with Gasteiger partial charge in [0, 0.05) is 23.9 Å². The summed E-state index contributed by atoms with van der Waals surface area (Å²) in [5, 5.41) is 11.1. The summed E-state index contributed by atoms with van der Waals surface area (Å²) < 4.78 is 6.45. The number of fused-ring (bicyclic) bond motifs is 1. The van der Waals surface area contributed by atoms with E-state index in [1.54, 1.807) is 25.4 Å². The van der Waals surface area contributed by atoms with E-state index in [1.165, 1.54) is 10.6 Å². The molecule has 0 saturated heterocycles. The molecule has 0 aromatic carbocycles. The average Bonchev–Trinajstić information content (AvgIpc) is 3.06. The highest BCUT2D eigenvalue weighted by molar-refractivity contribution is 6.29. The number of nitrogens with zero attached hydrogens (tertiary/aromatic N) is 4. The maximum absolute atomic E-state index is 11.7. The molecule has 0 unspecified atom stereocenters. The minimum absolute atomic E-state index is 0.186. The highest BCUT2D eigenvalue weighted by atomic mass is 35.5. The lowest BCUT2D eigenvalue weighted by Crippen LogP contribution is -2.05. The van der Waals surface area contributed by atoms with Gasteiger partial charge >= 0.3 is 5.97 Å². The van der Waals surface area contributed by atoms with Gasteiger partial charge in [0.2, 0.25) is 0 Å². The molecule has 0 aliphatic heterocycles. The van der Waals surface area contributed by atoms with Gasteiger partial charge in [-0.1, -0.05) is 11.6 Å². The number of nitrogens with one attached hydrogen (secondary N) is 1. The van der Waals surface area contributed by atoms with Crippen LogP contribution in [0.25, 0.3) is 16.9 Å². The van der Waals surface area contributed by atoms with E-state index in [-0.39, 0.29) is 12.3 Å². The molecule has 102 valence electrons. The number of aromatic amines is 1. The molecule has 20 heavy (non-hydrogen) atoms. The van der Waals surface area contributed by atoms with E-state index < -0.39 is 5.97 Å². The first-order valence-electron chi connectivity index (χ1n) is 5.91. The third-order valence-electron chi connectivity index (χ3n) is 2.67. The van der Waals surface area contributed by atoms with Gasteiger partial charge in [0.05, 0.1) is 18.5 Å². The molecule has 0 fully saturated rings. The van der Waals surface area contributed by atoms with Crippen LogP contribution in [0, 0.1) is 0 Å². The number of ether oxygens (including phenoxy) is 1. The van der Waals surface area contributed by atoms with Crippen LogP contribution in [0.2, 0.25) is 5.15 Å². The molecule has 3 aromatic heterocycles. The van der Waals surface area contributed by atoms with Crippen LogP contribution in [-0.4, -0.2) is 37.4 Å². The second kappa shape index (κ2) is 4.93. The first-order valence-corrected chi connectivity index (χ1v) is 6.29. The zero-order chi connectivity index (χ0) is 14.1. The number of hydrogen-bond donors (Lipinski definition) is 1. The molecule has 1 N–H and O–H groups in total. The van der Waals surface area contributed by atoms with E-state index >= 15 is 0 Å². The van der Waals surface area contributed by atoms with Gasteiger partial charge < -0.3 is 4.74 Å². The van der Waals surface area contributed by atoms with Crippen molar-refractivity contribution in [2.45, 2.75) is 6.92 Å². The molecule has 0 saturated carbocycles.